The molecule has 0 bridgehead atoms. The van der Waals surface area contributed by atoms with E-state index < -0.39 is 0 Å². The van der Waals surface area contributed by atoms with E-state index in [-0.39, 0.29) is 5.91 Å². The van der Waals surface area contributed by atoms with Gasteiger partial charge in [-0.2, -0.15) is 5.10 Å². The Morgan fingerprint density at radius 3 is 2.40 bits per heavy atom. The lowest BCUT2D eigenvalue weighted by Gasteiger charge is -2.11. The van der Waals surface area contributed by atoms with Crippen LogP contribution in [0.4, 0.5) is 0 Å². The number of rotatable bonds is 4. The van der Waals surface area contributed by atoms with Crippen LogP contribution in [0.2, 0.25) is 0 Å². The minimum absolute atomic E-state index is 0.0213. The molecule has 1 aliphatic rings. The topological polar surface area (TPSA) is 57.8 Å². The molecular formula is C21H21N3O. The van der Waals surface area contributed by atoms with Gasteiger partial charge in [0.15, 0.2) is 0 Å². The van der Waals surface area contributed by atoms with E-state index in [9.17, 15) is 4.79 Å². The highest BCUT2D eigenvalue weighted by molar-refractivity contribution is 5.94. The van der Waals surface area contributed by atoms with Gasteiger partial charge in [-0.1, -0.05) is 55.3 Å². The summed E-state index contributed by atoms with van der Waals surface area (Å²) in [6.07, 6.45) is 4.63. The fourth-order valence-corrected chi connectivity index (χ4v) is 3.37. The molecule has 4 heteroatoms. The van der Waals surface area contributed by atoms with Crippen LogP contribution < -0.4 is 5.32 Å². The second-order valence-electron chi connectivity index (χ2n) is 6.57. The Balaban J connectivity index is 1.48. The van der Waals surface area contributed by atoms with Crippen LogP contribution in [0.3, 0.4) is 0 Å². The van der Waals surface area contributed by atoms with Crippen LogP contribution >= 0.6 is 0 Å². The first-order valence-electron chi connectivity index (χ1n) is 8.82. The van der Waals surface area contributed by atoms with Crippen molar-refractivity contribution in [3.05, 3.63) is 66.2 Å². The number of aromatic nitrogens is 2. The van der Waals surface area contributed by atoms with Crippen LogP contribution in [0, 0.1) is 0 Å². The van der Waals surface area contributed by atoms with Gasteiger partial charge in [0.05, 0.1) is 11.4 Å². The third kappa shape index (κ3) is 3.48. The molecule has 25 heavy (non-hydrogen) atoms. The summed E-state index contributed by atoms with van der Waals surface area (Å²) in [7, 11) is 0. The highest BCUT2D eigenvalue weighted by atomic mass is 16.1. The first-order chi connectivity index (χ1) is 12.3. The van der Waals surface area contributed by atoms with Crippen LogP contribution in [-0.4, -0.2) is 22.1 Å². The molecule has 0 radical (unpaired) electrons. The van der Waals surface area contributed by atoms with Gasteiger partial charge in [-0.15, -0.1) is 0 Å². The van der Waals surface area contributed by atoms with Gasteiger partial charge in [-0.3, -0.25) is 9.89 Å². The van der Waals surface area contributed by atoms with Crippen LogP contribution in [0.5, 0.6) is 0 Å². The molecule has 1 aromatic heterocycles. The maximum atomic E-state index is 12.3. The number of carbonyl (C=O) groups excluding carboxylic acids is 1. The number of aromatic amines is 1. The summed E-state index contributed by atoms with van der Waals surface area (Å²) in [4.78, 5) is 12.3. The van der Waals surface area contributed by atoms with Gasteiger partial charge in [-0.05, 0) is 36.6 Å². The fraction of sp³-hybridized carbons (Fsp3) is 0.238. The summed E-state index contributed by atoms with van der Waals surface area (Å²) in [5, 5.41) is 10.6. The average Bonchev–Trinajstić information content (AvgIpc) is 3.34. The molecule has 2 aromatic carbocycles. The third-order valence-corrected chi connectivity index (χ3v) is 4.80. The van der Waals surface area contributed by atoms with Gasteiger partial charge >= 0.3 is 0 Å². The molecule has 2 N–H and O–H groups in total. The van der Waals surface area contributed by atoms with Crippen LogP contribution in [0.15, 0.2) is 60.7 Å². The summed E-state index contributed by atoms with van der Waals surface area (Å²) in [5.74, 6) is 0.0213. The van der Waals surface area contributed by atoms with Gasteiger partial charge in [0.2, 0.25) is 0 Å². The van der Waals surface area contributed by atoms with E-state index in [2.05, 4.69) is 15.5 Å². The summed E-state index contributed by atoms with van der Waals surface area (Å²) >= 11 is 0. The average molecular weight is 331 g/mol. The minimum atomic E-state index is 0.0213. The van der Waals surface area contributed by atoms with Crippen LogP contribution in [-0.2, 0) is 0 Å². The smallest absolute Gasteiger partial charge is 0.251 e. The van der Waals surface area contributed by atoms with Crippen molar-refractivity contribution in [1.29, 1.82) is 0 Å². The highest BCUT2D eigenvalue weighted by Crippen LogP contribution is 2.24. The summed E-state index contributed by atoms with van der Waals surface area (Å²) in [6.45, 7) is 0. The lowest BCUT2D eigenvalue weighted by atomic mass is 10.1. The van der Waals surface area contributed by atoms with Crippen LogP contribution in [0.1, 0.15) is 36.0 Å². The van der Waals surface area contributed by atoms with Crippen molar-refractivity contribution < 1.29 is 4.79 Å². The first kappa shape index (κ1) is 15.6. The number of H-pyrrole nitrogens is 1. The number of nitrogens with zero attached hydrogens (tertiary/aromatic N) is 1. The molecule has 1 aliphatic carbocycles. The van der Waals surface area contributed by atoms with Crippen molar-refractivity contribution in [2.24, 2.45) is 0 Å². The number of hydrogen-bond donors (Lipinski definition) is 2. The Labute approximate surface area is 147 Å². The number of carbonyl (C=O) groups is 1. The fourth-order valence-electron chi connectivity index (χ4n) is 3.37. The molecule has 1 saturated carbocycles. The number of nitrogens with one attached hydrogen (secondary N) is 2. The predicted octanol–water partition coefficient (Wildman–Crippen LogP) is 4.42. The standard InChI is InChI=1S/C21H21N3O/c25-21(22-18-8-4-5-9-18)17-12-10-16(11-13-17)20-14-19(23-24-20)15-6-2-1-3-7-15/h1-3,6-7,10-14,18H,4-5,8-9H2,(H,22,25)(H,23,24). The van der Waals surface area contributed by atoms with Crippen molar-refractivity contribution in [2.75, 3.05) is 0 Å². The number of hydrogen-bond acceptors (Lipinski definition) is 2. The van der Waals surface area contributed by atoms with E-state index in [1.807, 2.05) is 60.7 Å². The van der Waals surface area contributed by atoms with Crippen molar-refractivity contribution in [3.63, 3.8) is 0 Å². The molecule has 1 fully saturated rings. The zero-order chi connectivity index (χ0) is 17.1. The van der Waals surface area contributed by atoms with E-state index in [1.54, 1.807) is 0 Å². The minimum Gasteiger partial charge on any atom is -0.349 e. The molecule has 1 heterocycles. The van der Waals surface area contributed by atoms with Crippen molar-refractivity contribution >= 4 is 5.91 Å². The quantitative estimate of drug-likeness (QED) is 0.743. The van der Waals surface area contributed by atoms with Gasteiger partial charge in [0.1, 0.15) is 0 Å². The molecule has 0 aliphatic heterocycles. The molecule has 3 aromatic rings. The van der Waals surface area contributed by atoms with Gasteiger partial charge < -0.3 is 5.32 Å². The second-order valence-corrected chi connectivity index (χ2v) is 6.57. The maximum absolute atomic E-state index is 12.3. The molecule has 4 rings (SSSR count). The summed E-state index contributed by atoms with van der Waals surface area (Å²) in [6, 6.07) is 20.1. The van der Waals surface area contributed by atoms with Gasteiger partial charge in [-0.25, -0.2) is 0 Å². The van der Waals surface area contributed by atoms with Crippen LogP contribution in [0.25, 0.3) is 22.5 Å². The molecule has 0 spiro atoms. The Morgan fingerprint density at radius 1 is 0.960 bits per heavy atom. The predicted molar refractivity (Wildman–Crippen MR) is 99.2 cm³/mol. The Bertz CT molecular complexity index is 846. The molecule has 1 amide bonds. The Hall–Kier alpha value is -2.88. The molecule has 0 atom stereocenters. The van der Waals surface area contributed by atoms with Crippen molar-refractivity contribution in [3.8, 4) is 22.5 Å². The van der Waals surface area contributed by atoms with E-state index in [1.165, 1.54) is 12.8 Å². The lowest BCUT2D eigenvalue weighted by Crippen LogP contribution is -2.32. The monoisotopic (exact) mass is 331 g/mol. The SMILES string of the molecule is O=C(NC1CCCC1)c1ccc(-c2cc(-c3ccccc3)n[nH]2)cc1. The van der Waals surface area contributed by atoms with Crippen molar-refractivity contribution in [1.82, 2.24) is 15.5 Å². The van der Waals surface area contributed by atoms with E-state index in [0.29, 0.717) is 11.6 Å². The van der Waals surface area contributed by atoms with E-state index in [0.717, 1.165) is 35.4 Å². The molecule has 0 saturated heterocycles. The summed E-state index contributed by atoms with van der Waals surface area (Å²) < 4.78 is 0. The maximum Gasteiger partial charge on any atom is 0.251 e. The zero-order valence-corrected chi connectivity index (χ0v) is 14.0. The normalized spacial score (nSPS) is 14.6. The molecule has 126 valence electrons. The highest BCUT2D eigenvalue weighted by Gasteiger charge is 2.18. The van der Waals surface area contributed by atoms with Crippen molar-refractivity contribution in [2.45, 2.75) is 31.7 Å². The molecular weight excluding hydrogens is 310 g/mol. The largest absolute Gasteiger partial charge is 0.349 e. The third-order valence-electron chi connectivity index (χ3n) is 4.80. The zero-order valence-electron chi connectivity index (χ0n) is 14.0. The summed E-state index contributed by atoms with van der Waals surface area (Å²) in [5.41, 5.74) is 4.67. The second kappa shape index (κ2) is 6.93. The van der Waals surface area contributed by atoms with E-state index >= 15 is 0 Å². The molecule has 4 nitrogen and oxygen atoms in total. The van der Waals surface area contributed by atoms with E-state index in [4.69, 9.17) is 0 Å². The number of amides is 1. The Morgan fingerprint density at radius 2 is 1.68 bits per heavy atom. The van der Waals surface area contributed by atoms with Gasteiger partial charge in [0, 0.05) is 17.2 Å². The number of benzene rings is 2. The van der Waals surface area contributed by atoms with Gasteiger partial charge in [0.25, 0.3) is 5.91 Å². The lowest BCUT2D eigenvalue weighted by molar-refractivity contribution is 0.0938. The first-order valence-corrected chi connectivity index (χ1v) is 8.82. The Kier molecular flexibility index (Phi) is 4.34. The molecule has 0 unspecified atom stereocenters.